The van der Waals surface area contributed by atoms with E-state index in [1.807, 2.05) is 4.68 Å². The van der Waals surface area contributed by atoms with Crippen LogP contribution in [0.2, 0.25) is 0 Å². The van der Waals surface area contributed by atoms with Gasteiger partial charge >= 0.3 is 0 Å². The molecule has 15 heavy (non-hydrogen) atoms. The molecule has 2 saturated carbocycles. The summed E-state index contributed by atoms with van der Waals surface area (Å²) in [6.45, 7) is 4.10. The van der Waals surface area contributed by atoms with E-state index in [4.69, 9.17) is 0 Å². The standard InChI is InChI=1S/C10H17N5/c1-7-4-8(7)6-15-10(12-13-14-15)5-11-9-2-3-9/h7-9,11H,2-6H2,1H3. The van der Waals surface area contributed by atoms with Gasteiger partial charge in [0.05, 0.1) is 6.54 Å². The largest absolute Gasteiger partial charge is 0.307 e. The van der Waals surface area contributed by atoms with Gasteiger partial charge in [-0.2, -0.15) is 0 Å². The lowest BCUT2D eigenvalue weighted by Crippen LogP contribution is -2.20. The molecule has 0 saturated heterocycles. The van der Waals surface area contributed by atoms with Crippen LogP contribution in [0.4, 0.5) is 0 Å². The summed E-state index contributed by atoms with van der Waals surface area (Å²) in [7, 11) is 0. The normalized spacial score (nSPS) is 29.4. The lowest BCUT2D eigenvalue weighted by atomic mass is 10.3. The number of nitrogens with zero attached hydrogens (tertiary/aromatic N) is 4. The Morgan fingerprint density at radius 1 is 1.47 bits per heavy atom. The Morgan fingerprint density at radius 2 is 2.27 bits per heavy atom. The average Bonchev–Trinajstić information content (AvgIpc) is 3.10. The molecule has 5 nitrogen and oxygen atoms in total. The van der Waals surface area contributed by atoms with Gasteiger partial charge in [0.2, 0.25) is 0 Å². The van der Waals surface area contributed by atoms with Crippen LogP contribution in [0.25, 0.3) is 0 Å². The van der Waals surface area contributed by atoms with E-state index in [1.54, 1.807) is 0 Å². The number of tetrazole rings is 1. The molecule has 1 N–H and O–H groups in total. The van der Waals surface area contributed by atoms with Crippen LogP contribution in [-0.2, 0) is 13.1 Å². The van der Waals surface area contributed by atoms with E-state index in [0.717, 1.165) is 36.8 Å². The van der Waals surface area contributed by atoms with E-state index in [0.29, 0.717) is 0 Å². The van der Waals surface area contributed by atoms with Crippen molar-refractivity contribution in [3.8, 4) is 0 Å². The van der Waals surface area contributed by atoms with Gasteiger partial charge in [-0.05, 0) is 41.5 Å². The lowest BCUT2D eigenvalue weighted by Gasteiger charge is -2.04. The molecule has 0 aromatic carbocycles. The van der Waals surface area contributed by atoms with Crippen LogP contribution in [0.5, 0.6) is 0 Å². The van der Waals surface area contributed by atoms with Crippen LogP contribution in [0.3, 0.4) is 0 Å². The van der Waals surface area contributed by atoms with Gasteiger partial charge in [0.1, 0.15) is 0 Å². The smallest absolute Gasteiger partial charge is 0.165 e. The minimum absolute atomic E-state index is 0.718. The highest BCUT2D eigenvalue weighted by molar-refractivity contribution is 4.89. The van der Waals surface area contributed by atoms with Crippen molar-refractivity contribution < 1.29 is 0 Å². The van der Waals surface area contributed by atoms with Crippen molar-refractivity contribution in [3.05, 3.63) is 5.82 Å². The lowest BCUT2D eigenvalue weighted by molar-refractivity contribution is 0.493. The summed E-state index contributed by atoms with van der Waals surface area (Å²) in [5.41, 5.74) is 0. The van der Waals surface area contributed by atoms with Crippen LogP contribution in [0.1, 0.15) is 32.0 Å². The van der Waals surface area contributed by atoms with Gasteiger partial charge in [-0.3, -0.25) is 0 Å². The van der Waals surface area contributed by atoms with Crippen molar-refractivity contribution in [3.63, 3.8) is 0 Å². The SMILES string of the molecule is CC1CC1Cn1nnnc1CNC1CC1. The molecule has 0 radical (unpaired) electrons. The van der Waals surface area contributed by atoms with Gasteiger partial charge in [-0.15, -0.1) is 5.10 Å². The number of rotatable bonds is 5. The second-order valence-corrected chi connectivity index (χ2v) is 4.91. The molecular formula is C10H17N5. The maximum absolute atomic E-state index is 4.06. The first kappa shape index (κ1) is 9.27. The Morgan fingerprint density at radius 3 is 2.93 bits per heavy atom. The first-order chi connectivity index (χ1) is 7.33. The van der Waals surface area contributed by atoms with Crippen molar-refractivity contribution in [2.24, 2.45) is 11.8 Å². The minimum Gasteiger partial charge on any atom is -0.307 e. The number of nitrogens with one attached hydrogen (secondary N) is 1. The number of hydrogen-bond acceptors (Lipinski definition) is 4. The molecule has 2 fully saturated rings. The molecule has 0 spiro atoms. The summed E-state index contributed by atoms with van der Waals surface area (Å²) in [5, 5.41) is 15.3. The van der Waals surface area contributed by atoms with Gasteiger partial charge in [-0.1, -0.05) is 6.92 Å². The highest BCUT2D eigenvalue weighted by atomic mass is 15.5. The molecule has 1 heterocycles. The van der Waals surface area contributed by atoms with Crippen molar-refractivity contribution in [1.29, 1.82) is 0 Å². The molecule has 2 atom stereocenters. The number of hydrogen-bond donors (Lipinski definition) is 1. The first-order valence-corrected chi connectivity index (χ1v) is 5.81. The maximum atomic E-state index is 4.06. The van der Waals surface area contributed by atoms with Crippen LogP contribution in [0.15, 0.2) is 0 Å². The Hall–Kier alpha value is -0.970. The third-order valence-corrected chi connectivity index (χ3v) is 3.42. The summed E-state index contributed by atoms with van der Waals surface area (Å²) in [6, 6.07) is 0.718. The van der Waals surface area contributed by atoms with E-state index < -0.39 is 0 Å². The highest BCUT2D eigenvalue weighted by Crippen LogP contribution is 2.38. The average molecular weight is 207 g/mol. The molecule has 3 rings (SSSR count). The van der Waals surface area contributed by atoms with E-state index in [-0.39, 0.29) is 0 Å². The molecule has 1 aromatic rings. The van der Waals surface area contributed by atoms with E-state index >= 15 is 0 Å². The monoisotopic (exact) mass is 207 g/mol. The minimum atomic E-state index is 0.718. The summed E-state index contributed by atoms with van der Waals surface area (Å²) in [6.07, 6.45) is 3.94. The van der Waals surface area contributed by atoms with Crippen molar-refractivity contribution in [2.75, 3.05) is 0 Å². The van der Waals surface area contributed by atoms with Crippen molar-refractivity contribution in [1.82, 2.24) is 25.5 Å². The molecule has 0 bridgehead atoms. The van der Waals surface area contributed by atoms with E-state index in [9.17, 15) is 0 Å². The van der Waals surface area contributed by atoms with Gasteiger partial charge in [0.15, 0.2) is 5.82 Å². The molecule has 2 unspecified atom stereocenters. The second kappa shape index (κ2) is 3.56. The Kier molecular flexibility index (Phi) is 2.20. The molecular weight excluding hydrogens is 190 g/mol. The highest BCUT2D eigenvalue weighted by Gasteiger charge is 2.33. The fourth-order valence-corrected chi connectivity index (χ4v) is 1.89. The molecule has 82 valence electrons. The van der Waals surface area contributed by atoms with Gasteiger partial charge in [-0.25, -0.2) is 4.68 Å². The maximum Gasteiger partial charge on any atom is 0.165 e. The van der Waals surface area contributed by atoms with Crippen LogP contribution >= 0.6 is 0 Å². The van der Waals surface area contributed by atoms with E-state index in [1.165, 1.54) is 19.3 Å². The fourth-order valence-electron chi connectivity index (χ4n) is 1.89. The summed E-state index contributed by atoms with van der Waals surface area (Å²) in [4.78, 5) is 0. The first-order valence-electron chi connectivity index (χ1n) is 5.81. The third-order valence-electron chi connectivity index (χ3n) is 3.42. The van der Waals surface area contributed by atoms with Gasteiger partial charge in [0.25, 0.3) is 0 Å². The molecule has 2 aliphatic rings. The second-order valence-electron chi connectivity index (χ2n) is 4.91. The Bertz CT molecular complexity index is 343. The molecule has 0 aliphatic heterocycles. The fraction of sp³-hybridized carbons (Fsp3) is 0.900. The molecule has 2 aliphatic carbocycles. The topological polar surface area (TPSA) is 55.6 Å². The summed E-state index contributed by atoms with van der Waals surface area (Å²) < 4.78 is 1.96. The number of aromatic nitrogens is 4. The van der Waals surface area contributed by atoms with Crippen molar-refractivity contribution >= 4 is 0 Å². The third kappa shape index (κ3) is 2.17. The predicted octanol–water partition coefficient (Wildman–Crippen LogP) is 0.581. The molecule has 5 heteroatoms. The quantitative estimate of drug-likeness (QED) is 0.767. The Labute approximate surface area is 89.2 Å². The van der Waals surface area contributed by atoms with Crippen LogP contribution in [-0.4, -0.2) is 26.2 Å². The zero-order valence-corrected chi connectivity index (χ0v) is 9.06. The summed E-state index contributed by atoms with van der Waals surface area (Å²) in [5.74, 6) is 2.65. The summed E-state index contributed by atoms with van der Waals surface area (Å²) >= 11 is 0. The van der Waals surface area contributed by atoms with Crippen LogP contribution in [0, 0.1) is 11.8 Å². The predicted molar refractivity (Wildman–Crippen MR) is 54.9 cm³/mol. The molecule has 0 amide bonds. The van der Waals surface area contributed by atoms with Gasteiger partial charge in [0, 0.05) is 12.6 Å². The zero-order chi connectivity index (χ0) is 10.3. The Balaban J connectivity index is 1.57. The van der Waals surface area contributed by atoms with E-state index in [2.05, 4.69) is 27.8 Å². The van der Waals surface area contributed by atoms with Gasteiger partial charge < -0.3 is 5.32 Å². The zero-order valence-electron chi connectivity index (χ0n) is 9.06. The van der Waals surface area contributed by atoms with Crippen LogP contribution < -0.4 is 5.32 Å². The van der Waals surface area contributed by atoms with Crippen molar-refractivity contribution in [2.45, 2.75) is 45.3 Å². The molecule has 1 aromatic heterocycles.